The lowest BCUT2D eigenvalue weighted by Crippen LogP contribution is -2.19. The summed E-state index contributed by atoms with van der Waals surface area (Å²) in [4.78, 5) is 0. The molecule has 1 heterocycles. The number of aryl methyl sites for hydroxylation is 2. The highest BCUT2D eigenvalue weighted by molar-refractivity contribution is 5.36. The summed E-state index contributed by atoms with van der Waals surface area (Å²) < 4.78 is 1.99. The molecule has 0 aliphatic rings. The van der Waals surface area contributed by atoms with E-state index in [-0.39, 0.29) is 0 Å². The maximum atomic E-state index is 4.51. The van der Waals surface area contributed by atoms with Crippen LogP contribution in [0.2, 0.25) is 0 Å². The Hall–Kier alpha value is -1.61. The van der Waals surface area contributed by atoms with E-state index in [2.05, 4.69) is 61.5 Å². The average Bonchev–Trinajstić information content (AvgIpc) is 2.75. The SMILES string of the molecule is CCCNC(C)c1ccc(-n2nc(C)cc2C)cc1. The fourth-order valence-electron chi connectivity index (χ4n) is 2.27. The van der Waals surface area contributed by atoms with Crippen LogP contribution in [0.4, 0.5) is 0 Å². The molecule has 1 N–H and O–H groups in total. The molecule has 1 aromatic heterocycles. The number of aromatic nitrogens is 2. The van der Waals surface area contributed by atoms with Crippen molar-refractivity contribution in [2.24, 2.45) is 0 Å². The van der Waals surface area contributed by atoms with E-state index < -0.39 is 0 Å². The molecule has 102 valence electrons. The highest BCUT2D eigenvalue weighted by atomic mass is 15.3. The van der Waals surface area contributed by atoms with Gasteiger partial charge in [0.05, 0.1) is 11.4 Å². The Labute approximate surface area is 115 Å². The minimum Gasteiger partial charge on any atom is -0.310 e. The molecule has 2 aromatic rings. The predicted octanol–water partition coefficient (Wildman–Crippen LogP) is 3.55. The van der Waals surface area contributed by atoms with Gasteiger partial charge < -0.3 is 5.32 Å². The highest BCUT2D eigenvalue weighted by Crippen LogP contribution is 2.17. The largest absolute Gasteiger partial charge is 0.310 e. The van der Waals surface area contributed by atoms with E-state index >= 15 is 0 Å². The summed E-state index contributed by atoms with van der Waals surface area (Å²) in [6.07, 6.45) is 1.16. The van der Waals surface area contributed by atoms with E-state index in [9.17, 15) is 0 Å². The number of hydrogen-bond donors (Lipinski definition) is 1. The summed E-state index contributed by atoms with van der Waals surface area (Å²) in [5.74, 6) is 0. The van der Waals surface area contributed by atoms with Crippen LogP contribution in [0.3, 0.4) is 0 Å². The van der Waals surface area contributed by atoms with Gasteiger partial charge >= 0.3 is 0 Å². The predicted molar refractivity (Wildman–Crippen MR) is 79.7 cm³/mol. The maximum Gasteiger partial charge on any atom is 0.0648 e. The zero-order chi connectivity index (χ0) is 13.8. The summed E-state index contributed by atoms with van der Waals surface area (Å²) in [7, 11) is 0. The topological polar surface area (TPSA) is 29.9 Å². The third-order valence-electron chi connectivity index (χ3n) is 3.35. The molecule has 2 rings (SSSR count). The Balaban J connectivity index is 2.16. The number of nitrogens with zero attached hydrogens (tertiary/aromatic N) is 2. The van der Waals surface area contributed by atoms with E-state index in [1.807, 2.05) is 11.6 Å². The Morgan fingerprint density at radius 3 is 2.42 bits per heavy atom. The first-order valence-electron chi connectivity index (χ1n) is 6.98. The van der Waals surface area contributed by atoms with Gasteiger partial charge in [-0.3, -0.25) is 0 Å². The van der Waals surface area contributed by atoms with Crippen molar-refractivity contribution in [3.63, 3.8) is 0 Å². The first kappa shape index (κ1) is 13.8. The molecule has 0 amide bonds. The Morgan fingerprint density at radius 2 is 1.89 bits per heavy atom. The van der Waals surface area contributed by atoms with Crippen molar-refractivity contribution in [2.45, 2.75) is 40.2 Å². The third-order valence-corrected chi connectivity index (χ3v) is 3.35. The Morgan fingerprint density at radius 1 is 1.21 bits per heavy atom. The van der Waals surface area contributed by atoms with Crippen LogP contribution >= 0.6 is 0 Å². The second kappa shape index (κ2) is 6.02. The third kappa shape index (κ3) is 3.24. The Kier molecular flexibility index (Phi) is 4.38. The molecule has 3 nitrogen and oxygen atoms in total. The van der Waals surface area contributed by atoms with E-state index in [0.29, 0.717) is 6.04 Å². The molecule has 19 heavy (non-hydrogen) atoms. The van der Waals surface area contributed by atoms with Crippen LogP contribution in [-0.2, 0) is 0 Å². The van der Waals surface area contributed by atoms with Crippen molar-refractivity contribution in [1.29, 1.82) is 0 Å². The number of benzene rings is 1. The minimum absolute atomic E-state index is 0.398. The molecule has 1 aromatic carbocycles. The van der Waals surface area contributed by atoms with Crippen molar-refractivity contribution in [3.05, 3.63) is 47.3 Å². The van der Waals surface area contributed by atoms with Crippen molar-refractivity contribution < 1.29 is 0 Å². The van der Waals surface area contributed by atoms with Gasteiger partial charge in [-0.25, -0.2) is 4.68 Å². The van der Waals surface area contributed by atoms with Gasteiger partial charge in [-0.1, -0.05) is 19.1 Å². The zero-order valence-electron chi connectivity index (χ0n) is 12.3. The highest BCUT2D eigenvalue weighted by Gasteiger charge is 2.06. The summed E-state index contributed by atoms with van der Waals surface area (Å²) in [6, 6.07) is 11.1. The van der Waals surface area contributed by atoms with E-state index in [4.69, 9.17) is 0 Å². The summed E-state index contributed by atoms with van der Waals surface area (Å²) in [5, 5.41) is 8.01. The molecule has 0 saturated carbocycles. The van der Waals surface area contributed by atoms with Crippen LogP contribution in [0.1, 0.15) is 43.3 Å². The quantitative estimate of drug-likeness (QED) is 0.887. The molecule has 0 aliphatic carbocycles. The molecule has 1 unspecified atom stereocenters. The summed E-state index contributed by atoms with van der Waals surface area (Å²) in [5.41, 5.74) is 4.66. The first-order valence-corrected chi connectivity index (χ1v) is 6.98. The van der Waals surface area contributed by atoms with Gasteiger partial charge in [-0.2, -0.15) is 5.10 Å². The molecule has 3 heteroatoms. The van der Waals surface area contributed by atoms with Crippen LogP contribution in [0, 0.1) is 13.8 Å². The fraction of sp³-hybridized carbons (Fsp3) is 0.438. The van der Waals surface area contributed by atoms with Gasteiger partial charge in [0, 0.05) is 11.7 Å². The van der Waals surface area contributed by atoms with Crippen LogP contribution in [0.25, 0.3) is 5.69 Å². The number of nitrogens with one attached hydrogen (secondary N) is 1. The van der Waals surface area contributed by atoms with Gasteiger partial charge in [-0.15, -0.1) is 0 Å². The molecular weight excluding hydrogens is 234 g/mol. The normalized spacial score (nSPS) is 12.6. The Bertz CT molecular complexity index is 525. The first-order chi connectivity index (χ1) is 9.11. The fourth-order valence-corrected chi connectivity index (χ4v) is 2.27. The van der Waals surface area contributed by atoms with Crippen LogP contribution in [-0.4, -0.2) is 16.3 Å². The molecule has 0 bridgehead atoms. The van der Waals surface area contributed by atoms with Gasteiger partial charge in [0.25, 0.3) is 0 Å². The van der Waals surface area contributed by atoms with Crippen LogP contribution in [0.15, 0.2) is 30.3 Å². The maximum absolute atomic E-state index is 4.51. The molecule has 1 atom stereocenters. The molecule has 0 saturated heterocycles. The van der Waals surface area contributed by atoms with Gasteiger partial charge in [0.1, 0.15) is 0 Å². The molecular formula is C16H23N3. The smallest absolute Gasteiger partial charge is 0.0648 e. The lowest BCUT2D eigenvalue weighted by atomic mass is 10.1. The monoisotopic (exact) mass is 257 g/mol. The van der Waals surface area contributed by atoms with E-state index in [0.717, 1.165) is 24.3 Å². The molecule has 0 fully saturated rings. The van der Waals surface area contributed by atoms with Gasteiger partial charge in [-0.05, 0) is 57.5 Å². The van der Waals surface area contributed by atoms with Crippen molar-refractivity contribution >= 4 is 0 Å². The lowest BCUT2D eigenvalue weighted by molar-refractivity contribution is 0.570. The van der Waals surface area contributed by atoms with Crippen LogP contribution < -0.4 is 5.32 Å². The standard InChI is InChI=1S/C16H23N3/c1-5-10-17-14(4)15-6-8-16(9-7-15)19-13(3)11-12(2)18-19/h6-9,11,14,17H,5,10H2,1-4H3. The summed E-state index contributed by atoms with van der Waals surface area (Å²) >= 11 is 0. The van der Waals surface area contributed by atoms with Crippen LogP contribution in [0.5, 0.6) is 0 Å². The van der Waals surface area contributed by atoms with E-state index in [1.165, 1.54) is 11.3 Å². The molecule has 0 spiro atoms. The average molecular weight is 257 g/mol. The molecule has 0 radical (unpaired) electrons. The summed E-state index contributed by atoms with van der Waals surface area (Å²) in [6.45, 7) is 9.55. The van der Waals surface area contributed by atoms with Crippen molar-refractivity contribution in [2.75, 3.05) is 6.54 Å². The lowest BCUT2D eigenvalue weighted by Gasteiger charge is -2.14. The zero-order valence-corrected chi connectivity index (χ0v) is 12.3. The minimum atomic E-state index is 0.398. The molecule has 0 aliphatic heterocycles. The number of rotatable bonds is 5. The van der Waals surface area contributed by atoms with Crippen molar-refractivity contribution in [3.8, 4) is 5.69 Å². The van der Waals surface area contributed by atoms with Gasteiger partial charge in [0.2, 0.25) is 0 Å². The van der Waals surface area contributed by atoms with Crippen molar-refractivity contribution in [1.82, 2.24) is 15.1 Å². The second-order valence-electron chi connectivity index (χ2n) is 5.11. The van der Waals surface area contributed by atoms with Gasteiger partial charge in [0.15, 0.2) is 0 Å². The second-order valence-corrected chi connectivity index (χ2v) is 5.11. The number of hydrogen-bond acceptors (Lipinski definition) is 2. The van der Waals surface area contributed by atoms with E-state index in [1.54, 1.807) is 0 Å².